The number of carbonyl (C=O) groups is 7. The van der Waals surface area contributed by atoms with E-state index in [-0.39, 0.29) is 43.7 Å². The summed E-state index contributed by atoms with van der Waals surface area (Å²) in [6, 6.07) is 11.7. The summed E-state index contributed by atoms with van der Waals surface area (Å²) in [5, 5.41) is 18.9. The molecule has 5 amide bonds. The fourth-order valence-corrected chi connectivity index (χ4v) is 4.94. The smallest absolute Gasteiger partial charge is 0.305 e. The molecule has 0 radical (unpaired) electrons. The van der Waals surface area contributed by atoms with Gasteiger partial charge in [0, 0.05) is 24.2 Å². The maximum atomic E-state index is 13.6. The van der Waals surface area contributed by atoms with Crippen molar-refractivity contribution in [1.29, 1.82) is 0 Å². The third-order valence-corrected chi connectivity index (χ3v) is 6.99. The molecule has 0 unspecified atom stereocenters. The Hall–Kier alpha value is -5.07. The average molecular weight is 578 g/mol. The van der Waals surface area contributed by atoms with E-state index in [9.17, 15) is 33.6 Å². The SMILES string of the molecule is O=C[C@H](CC(=O)O)NC(=O)[C@@H]1CCCN2C(=O)CC[C@H](NC(=O)c3ccc(NC(=O)Cc4ccccc4)cc3)C(=O)N12. The summed E-state index contributed by atoms with van der Waals surface area (Å²) in [6.45, 7) is 0.193. The van der Waals surface area contributed by atoms with Crippen LogP contribution in [-0.2, 0) is 35.2 Å². The van der Waals surface area contributed by atoms with Gasteiger partial charge in [0.1, 0.15) is 18.4 Å². The molecule has 4 rings (SSSR count). The predicted molar refractivity (Wildman–Crippen MR) is 148 cm³/mol. The molecule has 42 heavy (non-hydrogen) atoms. The number of carboxylic acid groups (broad SMARTS) is 1. The van der Waals surface area contributed by atoms with Crippen LogP contribution >= 0.6 is 0 Å². The predicted octanol–water partition coefficient (Wildman–Crippen LogP) is 0.653. The Morgan fingerprint density at radius 1 is 1.00 bits per heavy atom. The van der Waals surface area contributed by atoms with Crippen molar-refractivity contribution in [1.82, 2.24) is 20.7 Å². The molecule has 3 atom stereocenters. The second-order valence-electron chi connectivity index (χ2n) is 10.1. The van der Waals surface area contributed by atoms with Crippen molar-refractivity contribution in [2.45, 2.75) is 56.7 Å². The number of nitrogens with one attached hydrogen (secondary N) is 3. The monoisotopic (exact) mass is 577 g/mol. The highest BCUT2D eigenvalue weighted by molar-refractivity contribution is 6.00. The molecule has 0 spiro atoms. The Morgan fingerprint density at radius 2 is 1.71 bits per heavy atom. The maximum Gasteiger partial charge on any atom is 0.305 e. The highest BCUT2D eigenvalue weighted by Gasteiger charge is 2.45. The lowest BCUT2D eigenvalue weighted by Crippen LogP contribution is -2.64. The van der Waals surface area contributed by atoms with E-state index >= 15 is 0 Å². The summed E-state index contributed by atoms with van der Waals surface area (Å²) >= 11 is 0. The van der Waals surface area contributed by atoms with E-state index in [2.05, 4.69) is 16.0 Å². The number of benzene rings is 2. The van der Waals surface area contributed by atoms with Gasteiger partial charge in [-0.3, -0.25) is 33.8 Å². The second kappa shape index (κ2) is 13.5. The van der Waals surface area contributed by atoms with E-state index in [4.69, 9.17) is 5.11 Å². The van der Waals surface area contributed by atoms with Gasteiger partial charge in [-0.15, -0.1) is 0 Å². The molecule has 2 aromatic carbocycles. The Bertz CT molecular complexity index is 1360. The number of hydrazine groups is 1. The molecule has 2 heterocycles. The van der Waals surface area contributed by atoms with Crippen molar-refractivity contribution >= 4 is 47.5 Å². The Kier molecular flexibility index (Phi) is 9.63. The van der Waals surface area contributed by atoms with Crippen molar-refractivity contribution in [2.24, 2.45) is 0 Å². The summed E-state index contributed by atoms with van der Waals surface area (Å²) in [5.74, 6) is -3.93. The molecule has 0 aliphatic carbocycles. The first-order chi connectivity index (χ1) is 20.2. The molecule has 220 valence electrons. The molecule has 2 aliphatic rings. The zero-order chi connectivity index (χ0) is 30.2. The van der Waals surface area contributed by atoms with E-state index in [1.54, 1.807) is 12.1 Å². The number of amides is 5. The minimum atomic E-state index is -1.30. The van der Waals surface area contributed by atoms with Crippen LogP contribution in [0.3, 0.4) is 0 Å². The lowest BCUT2D eigenvalue weighted by atomic mass is 10.0. The van der Waals surface area contributed by atoms with Gasteiger partial charge in [0.05, 0.1) is 18.9 Å². The Labute approximate surface area is 241 Å². The number of aliphatic carboxylic acids is 1. The number of anilines is 1. The van der Waals surface area contributed by atoms with Crippen molar-refractivity contribution in [3.63, 3.8) is 0 Å². The van der Waals surface area contributed by atoms with E-state index < -0.39 is 54.1 Å². The molecule has 2 saturated heterocycles. The lowest BCUT2D eigenvalue weighted by molar-refractivity contribution is -0.176. The van der Waals surface area contributed by atoms with Gasteiger partial charge in [0.15, 0.2) is 0 Å². The van der Waals surface area contributed by atoms with Gasteiger partial charge < -0.3 is 25.9 Å². The van der Waals surface area contributed by atoms with Crippen molar-refractivity contribution in [3.8, 4) is 0 Å². The molecule has 4 N–H and O–H groups in total. The topological polar surface area (TPSA) is 182 Å². The van der Waals surface area contributed by atoms with Crippen LogP contribution in [-0.4, -0.2) is 81.6 Å². The molecule has 0 bridgehead atoms. The molecule has 13 heteroatoms. The van der Waals surface area contributed by atoms with Crippen molar-refractivity contribution in [2.75, 3.05) is 11.9 Å². The van der Waals surface area contributed by atoms with Crippen LogP contribution in [0.2, 0.25) is 0 Å². The molecule has 2 fully saturated rings. The van der Waals surface area contributed by atoms with Crippen LogP contribution in [0.4, 0.5) is 5.69 Å². The van der Waals surface area contributed by atoms with Gasteiger partial charge in [-0.2, -0.15) is 0 Å². The van der Waals surface area contributed by atoms with Crippen LogP contribution in [0.25, 0.3) is 0 Å². The van der Waals surface area contributed by atoms with Crippen LogP contribution in [0.5, 0.6) is 0 Å². The Balaban J connectivity index is 1.42. The number of aldehydes is 1. The number of hydrogen-bond donors (Lipinski definition) is 4. The van der Waals surface area contributed by atoms with Crippen molar-refractivity contribution < 1.29 is 38.7 Å². The first-order valence-corrected chi connectivity index (χ1v) is 13.5. The molecule has 13 nitrogen and oxygen atoms in total. The third kappa shape index (κ3) is 7.36. The molecule has 2 aliphatic heterocycles. The number of carboxylic acids is 1. The quantitative estimate of drug-likeness (QED) is 0.297. The summed E-state index contributed by atoms with van der Waals surface area (Å²) in [5.41, 5.74) is 1.55. The first-order valence-electron chi connectivity index (χ1n) is 13.5. The average Bonchev–Trinajstić information content (AvgIpc) is 3.09. The summed E-state index contributed by atoms with van der Waals surface area (Å²) < 4.78 is 0. The highest BCUT2D eigenvalue weighted by Crippen LogP contribution is 2.25. The molecule has 0 saturated carbocycles. The number of nitrogens with zero attached hydrogens (tertiary/aromatic N) is 2. The van der Waals surface area contributed by atoms with Gasteiger partial charge in [0.25, 0.3) is 11.8 Å². The van der Waals surface area contributed by atoms with Crippen LogP contribution in [0, 0.1) is 0 Å². The van der Waals surface area contributed by atoms with Gasteiger partial charge in [-0.05, 0) is 49.1 Å². The minimum Gasteiger partial charge on any atom is -0.481 e. The van der Waals surface area contributed by atoms with Crippen molar-refractivity contribution in [3.05, 3.63) is 65.7 Å². The van der Waals surface area contributed by atoms with E-state index in [1.807, 2.05) is 30.3 Å². The van der Waals surface area contributed by atoms with Gasteiger partial charge in [-0.1, -0.05) is 30.3 Å². The van der Waals surface area contributed by atoms with Gasteiger partial charge in [-0.25, -0.2) is 5.01 Å². The van der Waals surface area contributed by atoms with E-state index in [0.717, 1.165) is 10.6 Å². The molecular weight excluding hydrogens is 546 g/mol. The second-order valence-corrected chi connectivity index (χ2v) is 10.1. The summed E-state index contributed by atoms with van der Waals surface area (Å²) in [6.07, 6.45) is 0.394. The first kappa shape index (κ1) is 29.9. The lowest BCUT2D eigenvalue weighted by Gasteiger charge is -2.43. The highest BCUT2D eigenvalue weighted by atomic mass is 16.4. The zero-order valence-corrected chi connectivity index (χ0v) is 22.7. The third-order valence-electron chi connectivity index (χ3n) is 6.99. The van der Waals surface area contributed by atoms with E-state index in [1.165, 1.54) is 17.1 Å². The normalized spacial score (nSPS) is 19.1. The number of carbonyl (C=O) groups excluding carboxylic acids is 6. The van der Waals surface area contributed by atoms with Crippen LogP contribution in [0.1, 0.15) is 48.0 Å². The molecular formula is C29H31N5O8. The number of fused-ring (bicyclic) bond motifs is 1. The van der Waals surface area contributed by atoms with Gasteiger partial charge in [0.2, 0.25) is 17.7 Å². The standard InChI is InChI=1S/C29H31N5O8/c35-17-21(16-26(38)39)31-28(41)23-7-4-14-33-25(37)13-12-22(29(42)34(23)33)32-27(40)19-8-10-20(11-9-19)30-24(36)15-18-5-2-1-3-6-18/h1-3,5-6,8-11,17,21-23H,4,7,12-16H2,(H,30,36)(H,31,41)(H,32,40)(H,38,39)/t21-,22-,23-/m0/s1. The summed E-state index contributed by atoms with van der Waals surface area (Å²) in [7, 11) is 0. The largest absolute Gasteiger partial charge is 0.481 e. The van der Waals surface area contributed by atoms with Gasteiger partial charge >= 0.3 is 5.97 Å². The molecule has 2 aromatic rings. The number of rotatable bonds is 10. The van der Waals surface area contributed by atoms with E-state index in [0.29, 0.717) is 18.4 Å². The zero-order valence-electron chi connectivity index (χ0n) is 22.7. The van der Waals surface area contributed by atoms with Crippen LogP contribution < -0.4 is 16.0 Å². The fraction of sp³-hybridized carbons (Fsp3) is 0.345. The summed E-state index contributed by atoms with van der Waals surface area (Å²) in [4.78, 5) is 87.1. The van der Waals surface area contributed by atoms with Crippen LogP contribution in [0.15, 0.2) is 54.6 Å². The fourth-order valence-electron chi connectivity index (χ4n) is 4.94. The number of hydrogen-bond acceptors (Lipinski definition) is 7. The maximum absolute atomic E-state index is 13.6. The molecule has 0 aromatic heterocycles. The Morgan fingerprint density at radius 3 is 2.38 bits per heavy atom. The minimum absolute atomic E-state index is 0.00828.